The molecule has 0 N–H and O–H groups in total. The second-order valence-electron chi connectivity index (χ2n) is 2.45. The first-order valence-corrected chi connectivity index (χ1v) is 3.85. The Bertz CT molecular complexity index is 330. The molecule has 0 aromatic carbocycles. The van der Waals surface area contributed by atoms with Crippen molar-refractivity contribution in [3.63, 3.8) is 0 Å². The van der Waals surface area contributed by atoms with E-state index in [2.05, 4.69) is 5.10 Å². The van der Waals surface area contributed by atoms with E-state index in [1.807, 2.05) is 0 Å². The van der Waals surface area contributed by atoms with E-state index < -0.39 is 5.97 Å². The van der Waals surface area contributed by atoms with Gasteiger partial charge in [0.05, 0.1) is 12.2 Å². The molecule has 0 aliphatic carbocycles. The van der Waals surface area contributed by atoms with Gasteiger partial charge in [-0.2, -0.15) is 5.10 Å². The summed E-state index contributed by atoms with van der Waals surface area (Å²) in [5.41, 5.74) is 0.320. The molecule has 0 spiro atoms. The molecule has 0 aliphatic rings. The van der Waals surface area contributed by atoms with Crippen molar-refractivity contribution in [1.29, 1.82) is 0 Å². The van der Waals surface area contributed by atoms with Crippen LogP contribution in [0.25, 0.3) is 0 Å². The van der Waals surface area contributed by atoms with Crippen molar-refractivity contribution < 1.29 is 14.3 Å². The van der Waals surface area contributed by atoms with Crippen LogP contribution in [0.15, 0.2) is 6.20 Å². The predicted octanol–water partition coefficient (Wildman–Crippen LogP) is 0.409. The third-order valence-electron chi connectivity index (χ3n) is 1.45. The van der Waals surface area contributed by atoms with Crippen LogP contribution in [0.2, 0.25) is 0 Å². The monoisotopic (exact) mass is 182 g/mol. The molecule has 0 bridgehead atoms. The highest BCUT2D eigenvalue weighted by molar-refractivity contribution is 5.96. The first-order valence-electron chi connectivity index (χ1n) is 3.85. The summed E-state index contributed by atoms with van der Waals surface area (Å²) in [4.78, 5) is 21.7. The summed E-state index contributed by atoms with van der Waals surface area (Å²) in [6.45, 7) is 1.97. The number of aryl methyl sites for hydroxylation is 1. The zero-order valence-electron chi connectivity index (χ0n) is 7.48. The second kappa shape index (κ2) is 3.84. The predicted molar refractivity (Wildman–Crippen MR) is 44.6 cm³/mol. The van der Waals surface area contributed by atoms with E-state index in [1.54, 1.807) is 14.0 Å². The largest absolute Gasteiger partial charge is 0.461 e. The molecule has 0 atom stereocenters. The third-order valence-corrected chi connectivity index (χ3v) is 1.45. The number of hydrogen-bond donors (Lipinski definition) is 0. The maximum atomic E-state index is 11.2. The van der Waals surface area contributed by atoms with E-state index in [1.165, 1.54) is 10.9 Å². The molecule has 0 saturated carbocycles. The Hall–Kier alpha value is -1.65. The molecule has 0 saturated heterocycles. The number of aldehydes is 1. The van der Waals surface area contributed by atoms with Crippen LogP contribution in [0.1, 0.15) is 27.8 Å². The Morgan fingerprint density at radius 2 is 2.46 bits per heavy atom. The Kier molecular flexibility index (Phi) is 2.79. The molecule has 0 fully saturated rings. The van der Waals surface area contributed by atoms with Crippen molar-refractivity contribution >= 4 is 12.3 Å². The highest BCUT2D eigenvalue weighted by Crippen LogP contribution is 2.04. The van der Waals surface area contributed by atoms with Crippen LogP contribution < -0.4 is 0 Å². The van der Waals surface area contributed by atoms with Crippen molar-refractivity contribution in [3.8, 4) is 0 Å². The molecule has 1 aromatic heterocycles. The molecule has 70 valence electrons. The number of aromatic nitrogens is 2. The van der Waals surface area contributed by atoms with Gasteiger partial charge in [0.25, 0.3) is 0 Å². The lowest BCUT2D eigenvalue weighted by atomic mass is 10.3. The average Bonchev–Trinajstić information content (AvgIpc) is 2.47. The highest BCUT2D eigenvalue weighted by atomic mass is 16.5. The third kappa shape index (κ3) is 1.93. The van der Waals surface area contributed by atoms with E-state index in [0.29, 0.717) is 6.29 Å². The van der Waals surface area contributed by atoms with E-state index >= 15 is 0 Å². The van der Waals surface area contributed by atoms with Crippen molar-refractivity contribution in [3.05, 3.63) is 17.5 Å². The molecule has 1 rings (SSSR count). The maximum absolute atomic E-state index is 11.2. The summed E-state index contributed by atoms with van der Waals surface area (Å²) in [5, 5.41) is 3.81. The molecular formula is C8H10N2O3. The number of esters is 1. The van der Waals surface area contributed by atoms with E-state index in [-0.39, 0.29) is 17.9 Å². The first kappa shape index (κ1) is 9.44. The summed E-state index contributed by atoms with van der Waals surface area (Å²) in [5.74, 6) is -0.565. The van der Waals surface area contributed by atoms with Gasteiger partial charge in [-0.05, 0) is 6.92 Å². The van der Waals surface area contributed by atoms with Gasteiger partial charge in [0.1, 0.15) is 0 Å². The number of carbonyl (C=O) groups excluding carboxylic acids is 2. The Morgan fingerprint density at radius 3 is 3.00 bits per heavy atom. The van der Waals surface area contributed by atoms with Crippen LogP contribution in [0, 0.1) is 0 Å². The normalized spacial score (nSPS) is 9.69. The quantitative estimate of drug-likeness (QED) is 0.501. The smallest absolute Gasteiger partial charge is 0.359 e. The fourth-order valence-electron chi connectivity index (χ4n) is 0.951. The number of nitrogens with zero attached hydrogens (tertiary/aromatic N) is 2. The average molecular weight is 182 g/mol. The van der Waals surface area contributed by atoms with E-state index in [4.69, 9.17) is 4.74 Å². The molecular weight excluding hydrogens is 172 g/mol. The molecule has 1 heterocycles. The van der Waals surface area contributed by atoms with Gasteiger partial charge in [-0.3, -0.25) is 9.48 Å². The second-order valence-corrected chi connectivity index (χ2v) is 2.45. The van der Waals surface area contributed by atoms with Crippen molar-refractivity contribution in [2.24, 2.45) is 7.05 Å². The van der Waals surface area contributed by atoms with Gasteiger partial charge in [0.2, 0.25) is 0 Å². The highest BCUT2D eigenvalue weighted by Gasteiger charge is 2.15. The lowest BCUT2D eigenvalue weighted by Gasteiger charge is -1.97. The molecule has 5 nitrogen and oxygen atoms in total. The van der Waals surface area contributed by atoms with Crippen LogP contribution in [-0.2, 0) is 11.8 Å². The minimum Gasteiger partial charge on any atom is -0.461 e. The Labute approximate surface area is 75.3 Å². The zero-order valence-corrected chi connectivity index (χ0v) is 7.48. The molecule has 5 heteroatoms. The first-order chi connectivity index (χ1) is 6.19. The summed E-state index contributed by atoms with van der Waals surface area (Å²) in [6, 6.07) is 0. The van der Waals surface area contributed by atoms with Gasteiger partial charge in [-0.25, -0.2) is 4.79 Å². The molecule has 0 amide bonds. The minimum absolute atomic E-state index is 0.0688. The van der Waals surface area contributed by atoms with Crippen molar-refractivity contribution in [2.75, 3.05) is 6.61 Å². The summed E-state index contributed by atoms with van der Waals surface area (Å²) in [6.07, 6.45) is 2.05. The fraction of sp³-hybridized carbons (Fsp3) is 0.375. The van der Waals surface area contributed by atoms with E-state index in [0.717, 1.165) is 0 Å². The topological polar surface area (TPSA) is 61.2 Å². The fourth-order valence-corrected chi connectivity index (χ4v) is 0.951. The lowest BCUT2D eigenvalue weighted by molar-refractivity contribution is 0.0516. The standard InChI is InChI=1S/C8H10N2O3/c1-3-13-8(12)7-6(5-11)4-10(2)9-7/h4-5H,3H2,1-2H3. The summed E-state index contributed by atoms with van der Waals surface area (Å²) < 4.78 is 6.11. The van der Waals surface area contributed by atoms with Crippen LogP contribution in [0.3, 0.4) is 0 Å². The molecule has 1 aromatic rings. The molecule has 0 aliphatic heterocycles. The van der Waals surface area contributed by atoms with Gasteiger partial charge in [0, 0.05) is 13.2 Å². The minimum atomic E-state index is -0.565. The van der Waals surface area contributed by atoms with Crippen molar-refractivity contribution in [2.45, 2.75) is 6.92 Å². The number of hydrogen-bond acceptors (Lipinski definition) is 4. The van der Waals surface area contributed by atoms with Gasteiger partial charge < -0.3 is 4.74 Å². The van der Waals surface area contributed by atoms with Crippen molar-refractivity contribution in [1.82, 2.24) is 9.78 Å². The number of ether oxygens (including phenoxy) is 1. The van der Waals surface area contributed by atoms with Crippen LogP contribution in [0.4, 0.5) is 0 Å². The number of carbonyl (C=O) groups is 2. The van der Waals surface area contributed by atoms with Crippen LogP contribution in [-0.4, -0.2) is 28.6 Å². The van der Waals surface area contributed by atoms with Crippen LogP contribution >= 0.6 is 0 Å². The summed E-state index contributed by atoms with van der Waals surface area (Å²) in [7, 11) is 1.63. The summed E-state index contributed by atoms with van der Waals surface area (Å²) >= 11 is 0. The van der Waals surface area contributed by atoms with Gasteiger partial charge in [-0.15, -0.1) is 0 Å². The zero-order chi connectivity index (χ0) is 9.84. The van der Waals surface area contributed by atoms with Gasteiger partial charge >= 0.3 is 5.97 Å². The number of rotatable bonds is 3. The molecule has 0 unspecified atom stereocenters. The lowest BCUT2D eigenvalue weighted by Crippen LogP contribution is -2.08. The van der Waals surface area contributed by atoms with Gasteiger partial charge in [0.15, 0.2) is 12.0 Å². The SMILES string of the molecule is CCOC(=O)c1nn(C)cc1C=O. The molecule has 0 radical (unpaired) electrons. The Balaban J connectivity index is 2.98. The Morgan fingerprint density at radius 1 is 1.77 bits per heavy atom. The maximum Gasteiger partial charge on any atom is 0.359 e. The van der Waals surface area contributed by atoms with Crippen LogP contribution in [0.5, 0.6) is 0 Å². The van der Waals surface area contributed by atoms with E-state index in [9.17, 15) is 9.59 Å². The molecule has 13 heavy (non-hydrogen) atoms. The van der Waals surface area contributed by atoms with Gasteiger partial charge in [-0.1, -0.05) is 0 Å².